The van der Waals surface area contributed by atoms with E-state index in [0.717, 1.165) is 22.8 Å². The van der Waals surface area contributed by atoms with Crippen molar-refractivity contribution in [3.05, 3.63) is 23.3 Å². The SMILES string of the molecule is NC(=O)c1ncc2c(n1)CSC2. The first-order valence-electron chi connectivity index (χ1n) is 3.49. The van der Waals surface area contributed by atoms with Crippen molar-refractivity contribution in [1.29, 1.82) is 0 Å². The number of nitrogens with two attached hydrogens (primary N) is 1. The van der Waals surface area contributed by atoms with Crippen LogP contribution < -0.4 is 5.73 Å². The lowest BCUT2D eigenvalue weighted by Crippen LogP contribution is -2.16. The van der Waals surface area contributed by atoms with Gasteiger partial charge >= 0.3 is 0 Å². The van der Waals surface area contributed by atoms with Crippen LogP contribution in [0.2, 0.25) is 0 Å². The molecule has 4 nitrogen and oxygen atoms in total. The molecular weight excluding hydrogens is 174 g/mol. The summed E-state index contributed by atoms with van der Waals surface area (Å²) in [5.74, 6) is 1.36. The van der Waals surface area contributed by atoms with E-state index in [0.29, 0.717) is 0 Å². The van der Waals surface area contributed by atoms with Crippen molar-refractivity contribution in [2.75, 3.05) is 0 Å². The van der Waals surface area contributed by atoms with Gasteiger partial charge in [0.1, 0.15) is 0 Å². The van der Waals surface area contributed by atoms with Crippen molar-refractivity contribution in [1.82, 2.24) is 9.97 Å². The Morgan fingerprint density at radius 2 is 2.42 bits per heavy atom. The summed E-state index contributed by atoms with van der Waals surface area (Å²) in [5.41, 5.74) is 7.10. The molecule has 1 aromatic heterocycles. The highest BCUT2D eigenvalue weighted by atomic mass is 32.2. The molecule has 0 atom stereocenters. The second-order valence-corrected chi connectivity index (χ2v) is 3.51. The molecule has 62 valence electrons. The van der Waals surface area contributed by atoms with E-state index in [9.17, 15) is 4.79 Å². The number of rotatable bonds is 1. The predicted octanol–water partition coefficient (Wildman–Crippen LogP) is 0.322. The van der Waals surface area contributed by atoms with Crippen molar-refractivity contribution < 1.29 is 4.79 Å². The summed E-state index contributed by atoms with van der Waals surface area (Å²) in [7, 11) is 0. The number of fused-ring (bicyclic) bond motifs is 1. The fourth-order valence-electron chi connectivity index (χ4n) is 1.06. The highest BCUT2D eigenvalue weighted by molar-refractivity contribution is 7.98. The van der Waals surface area contributed by atoms with Crippen molar-refractivity contribution in [3.63, 3.8) is 0 Å². The van der Waals surface area contributed by atoms with Gasteiger partial charge in [0.15, 0.2) is 0 Å². The lowest BCUT2D eigenvalue weighted by molar-refractivity contribution is 0.0990. The number of carbonyl (C=O) groups excluding carboxylic acids is 1. The summed E-state index contributed by atoms with van der Waals surface area (Å²) < 4.78 is 0. The smallest absolute Gasteiger partial charge is 0.286 e. The van der Waals surface area contributed by atoms with E-state index in [4.69, 9.17) is 5.73 Å². The van der Waals surface area contributed by atoms with Crippen LogP contribution in [0.1, 0.15) is 21.9 Å². The van der Waals surface area contributed by atoms with Gasteiger partial charge in [0.05, 0.1) is 5.69 Å². The number of hydrogen-bond acceptors (Lipinski definition) is 4. The predicted molar refractivity (Wildman–Crippen MR) is 45.5 cm³/mol. The Morgan fingerprint density at radius 1 is 1.58 bits per heavy atom. The van der Waals surface area contributed by atoms with Gasteiger partial charge in [0, 0.05) is 23.3 Å². The number of thioether (sulfide) groups is 1. The molecular formula is C7H7N3OS. The zero-order valence-corrected chi connectivity index (χ0v) is 7.10. The zero-order chi connectivity index (χ0) is 8.55. The largest absolute Gasteiger partial charge is 0.363 e. The molecule has 5 heteroatoms. The second kappa shape index (κ2) is 2.75. The van der Waals surface area contributed by atoms with Crippen LogP contribution in [0, 0.1) is 0 Å². The van der Waals surface area contributed by atoms with E-state index in [1.807, 2.05) is 0 Å². The summed E-state index contributed by atoms with van der Waals surface area (Å²) in [6.07, 6.45) is 1.68. The molecule has 0 bridgehead atoms. The lowest BCUT2D eigenvalue weighted by atomic mass is 10.3. The Balaban J connectivity index is 2.45. The summed E-state index contributed by atoms with van der Waals surface area (Å²) in [4.78, 5) is 18.6. The Labute approximate surface area is 73.6 Å². The maximum Gasteiger partial charge on any atom is 0.286 e. The number of aromatic nitrogens is 2. The molecule has 1 amide bonds. The maximum atomic E-state index is 10.7. The van der Waals surface area contributed by atoms with Crippen LogP contribution in [0.25, 0.3) is 0 Å². The standard InChI is InChI=1S/C7H7N3OS/c8-6(11)7-9-1-4-2-12-3-5(4)10-7/h1H,2-3H2,(H2,8,11). The highest BCUT2D eigenvalue weighted by Crippen LogP contribution is 2.27. The molecule has 0 unspecified atom stereocenters. The summed E-state index contributed by atoms with van der Waals surface area (Å²) >= 11 is 1.77. The van der Waals surface area contributed by atoms with E-state index >= 15 is 0 Å². The molecule has 1 aliphatic rings. The monoisotopic (exact) mass is 181 g/mol. The third-order valence-corrected chi connectivity index (χ3v) is 2.66. The van der Waals surface area contributed by atoms with Gasteiger partial charge < -0.3 is 5.73 Å². The van der Waals surface area contributed by atoms with Gasteiger partial charge in [-0.25, -0.2) is 9.97 Å². The van der Waals surface area contributed by atoms with Gasteiger partial charge in [-0.1, -0.05) is 0 Å². The molecule has 0 aromatic carbocycles. The minimum absolute atomic E-state index is 0.122. The Bertz CT molecular complexity index is 339. The first-order valence-corrected chi connectivity index (χ1v) is 4.65. The third-order valence-electron chi connectivity index (χ3n) is 1.67. The molecule has 2 N–H and O–H groups in total. The van der Waals surface area contributed by atoms with Gasteiger partial charge in [-0.3, -0.25) is 4.79 Å². The van der Waals surface area contributed by atoms with E-state index < -0.39 is 5.91 Å². The van der Waals surface area contributed by atoms with Crippen LogP contribution in [0.15, 0.2) is 6.20 Å². The number of primary amides is 1. The summed E-state index contributed by atoms with van der Waals surface area (Å²) in [6, 6.07) is 0. The topological polar surface area (TPSA) is 68.9 Å². The quantitative estimate of drug-likeness (QED) is 0.677. The van der Waals surface area contributed by atoms with Crippen molar-refractivity contribution in [2.45, 2.75) is 11.5 Å². The highest BCUT2D eigenvalue weighted by Gasteiger charge is 2.15. The first kappa shape index (κ1) is 7.54. The molecule has 0 saturated heterocycles. The lowest BCUT2D eigenvalue weighted by Gasteiger charge is -1.97. The molecule has 0 saturated carbocycles. The van der Waals surface area contributed by atoms with Crippen LogP contribution in [0.4, 0.5) is 0 Å². The fraction of sp³-hybridized carbons (Fsp3) is 0.286. The van der Waals surface area contributed by atoms with E-state index in [2.05, 4.69) is 9.97 Å². The minimum atomic E-state index is -0.560. The van der Waals surface area contributed by atoms with Crippen molar-refractivity contribution in [2.24, 2.45) is 5.73 Å². The maximum absolute atomic E-state index is 10.7. The van der Waals surface area contributed by atoms with Crippen LogP contribution in [0.3, 0.4) is 0 Å². The Morgan fingerprint density at radius 3 is 3.17 bits per heavy atom. The number of nitrogens with zero attached hydrogens (tertiary/aromatic N) is 2. The van der Waals surface area contributed by atoms with Crippen LogP contribution in [-0.4, -0.2) is 15.9 Å². The molecule has 1 aliphatic heterocycles. The third kappa shape index (κ3) is 1.16. The molecule has 2 rings (SSSR count). The average Bonchev–Trinajstić information content (AvgIpc) is 2.49. The average molecular weight is 181 g/mol. The number of carbonyl (C=O) groups is 1. The fourth-order valence-corrected chi connectivity index (χ4v) is 2.07. The second-order valence-electron chi connectivity index (χ2n) is 2.52. The van der Waals surface area contributed by atoms with Crippen molar-refractivity contribution >= 4 is 17.7 Å². The summed E-state index contributed by atoms with van der Waals surface area (Å²) in [5, 5.41) is 0. The van der Waals surface area contributed by atoms with E-state index in [1.54, 1.807) is 18.0 Å². The van der Waals surface area contributed by atoms with Gasteiger partial charge in [0.2, 0.25) is 5.82 Å². The Hall–Kier alpha value is -1.10. The van der Waals surface area contributed by atoms with Crippen LogP contribution in [0.5, 0.6) is 0 Å². The molecule has 0 radical (unpaired) electrons. The molecule has 1 aromatic rings. The normalized spacial score (nSPS) is 14.3. The van der Waals surface area contributed by atoms with Crippen LogP contribution in [-0.2, 0) is 11.5 Å². The number of amides is 1. The molecule has 0 spiro atoms. The molecule has 0 fully saturated rings. The Kier molecular flexibility index (Phi) is 1.73. The minimum Gasteiger partial charge on any atom is -0.363 e. The summed E-state index contributed by atoms with van der Waals surface area (Å²) in [6.45, 7) is 0. The van der Waals surface area contributed by atoms with E-state index in [-0.39, 0.29) is 5.82 Å². The van der Waals surface area contributed by atoms with Gasteiger partial charge in [-0.05, 0) is 0 Å². The molecule has 0 aliphatic carbocycles. The first-order chi connectivity index (χ1) is 5.77. The molecule has 2 heterocycles. The molecule has 12 heavy (non-hydrogen) atoms. The van der Waals surface area contributed by atoms with Crippen molar-refractivity contribution in [3.8, 4) is 0 Å². The van der Waals surface area contributed by atoms with Gasteiger partial charge in [0.25, 0.3) is 5.91 Å². The number of hydrogen-bond donors (Lipinski definition) is 1. The van der Waals surface area contributed by atoms with E-state index in [1.165, 1.54) is 0 Å². The van der Waals surface area contributed by atoms with Crippen LogP contribution >= 0.6 is 11.8 Å². The van der Waals surface area contributed by atoms with Gasteiger partial charge in [-0.15, -0.1) is 0 Å². The van der Waals surface area contributed by atoms with Gasteiger partial charge in [-0.2, -0.15) is 11.8 Å². The zero-order valence-electron chi connectivity index (χ0n) is 6.28.